The van der Waals surface area contributed by atoms with E-state index in [1.54, 1.807) is 11.1 Å². The van der Waals surface area contributed by atoms with E-state index in [1.807, 2.05) is 0 Å². The second kappa shape index (κ2) is 4.19. The molecule has 86 valence electrons. The van der Waals surface area contributed by atoms with Gasteiger partial charge in [-0.15, -0.1) is 0 Å². The second-order valence-corrected chi connectivity index (χ2v) is 5.22. The molecule has 2 aliphatic rings. The zero-order valence-electron chi connectivity index (χ0n) is 9.73. The lowest BCUT2D eigenvalue weighted by molar-refractivity contribution is 0.241. The number of nitrogens with two attached hydrogens (primary N) is 1. The number of rotatable bonds is 2. The van der Waals surface area contributed by atoms with Crippen molar-refractivity contribution in [2.45, 2.75) is 25.3 Å². The fourth-order valence-electron chi connectivity index (χ4n) is 3.18. The summed E-state index contributed by atoms with van der Waals surface area (Å²) in [5.41, 5.74) is 8.87. The molecule has 0 spiro atoms. The number of nitrogens with zero attached hydrogens (tertiary/aromatic N) is 1. The van der Waals surface area contributed by atoms with Gasteiger partial charge in [0, 0.05) is 12.6 Å². The van der Waals surface area contributed by atoms with Gasteiger partial charge in [0.05, 0.1) is 0 Å². The Morgan fingerprint density at radius 3 is 2.44 bits per heavy atom. The van der Waals surface area contributed by atoms with Crippen molar-refractivity contribution in [3.63, 3.8) is 0 Å². The van der Waals surface area contributed by atoms with E-state index in [1.165, 1.54) is 32.4 Å². The quantitative estimate of drug-likeness (QED) is 0.810. The first-order chi connectivity index (χ1) is 7.86. The van der Waals surface area contributed by atoms with Gasteiger partial charge in [0.2, 0.25) is 0 Å². The van der Waals surface area contributed by atoms with Gasteiger partial charge in [0.15, 0.2) is 0 Å². The van der Waals surface area contributed by atoms with Crippen LogP contribution in [0.1, 0.15) is 17.5 Å². The van der Waals surface area contributed by atoms with E-state index in [0.29, 0.717) is 0 Å². The van der Waals surface area contributed by atoms with Crippen molar-refractivity contribution >= 4 is 0 Å². The number of hydrogen-bond acceptors (Lipinski definition) is 2. The van der Waals surface area contributed by atoms with Gasteiger partial charge >= 0.3 is 0 Å². The highest BCUT2D eigenvalue weighted by Crippen LogP contribution is 2.28. The third-order valence-corrected chi connectivity index (χ3v) is 4.20. The molecular weight excluding hydrogens is 196 g/mol. The van der Waals surface area contributed by atoms with Gasteiger partial charge in [-0.3, -0.25) is 4.90 Å². The molecule has 3 rings (SSSR count). The van der Waals surface area contributed by atoms with Crippen LogP contribution in [0.15, 0.2) is 24.3 Å². The summed E-state index contributed by atoms with van der Waals surface area (Å²) in [6, 6.07) is 9.63. The van der Waals surface area contributed by atoms with E-state index in [2.05, 4.69) is 29.2 Å². The summed E-state index contributed by atoms with van der Waals surface area (Å²) < 4.78 is 0. The second-order valence-electron chi connectivity index (χ2n) is 5.22. The molecule has 16 heavy (non-hydrogen) atoms. The Labute approximate surface area is 97.4 Å². The van der Waals surface area contributed by atoms with E-state index in [-0.39, 0.29) is 0 Å². The highest BCUT2D eigenvalue weighted by Gasteiger charge is 2.31. The van der Waals surface area contributed by atoms with Crippen molar-refractivity contribution < 1.29 is 0 Å². The standard InChI is InChI=1S/C14H20N2/c15-9-11-5-6-16(10-11)14-7-12-3-1-2-4-13(12)8-14/h1-4,11,14H,5-10,15H2. The number of benzene rings is 1. The fraction of sp³-hybridized carbons (Fsp3) is 0.571. The summed E-state index contributed by atoms with van der Waals surface area (Å²) in [4.78, 5) is 2.65. The maximum absolute atomic E-state index is 5.75. The molecule has 2 heteroatoms. The van der Waals surface area contributed by atoms with Gasteiger partial charge in [0.1, 0.15) is 0 Å². The third-order valence-electron chi connectivity index (χ3n) is 4.20. The minimum absolute atomic E-state index is 0.740. The normalized spacial score (nSPS) is 26.2. The van der Waals surface area contributed by atoms with E-state index >= 15 is 0 Å². The molecule has 2 N–H and O–H groups in total. The average Bonchev–Trinajstić information content (AvgIpc) is 2.95. The lowest BCUT2D eigenvalue weighted by atomic mass is 10.1. The van der Waals surface area contributed by atoms with E-state index in [9.17, 15) is 0 Å². The maximum Gasteiger partial charge on any atom is 0.0176 e. The highest BCUT2D eigenvalue weighted by molar-refractivity contribution is 5.33. The molecule has 1 aromatic carbocycles. The predicted octanol–water partition coefficient (Wildman–Crippen LogP) is 1.43. The smallest absolute Gasteiger partial charge is 0.0176 e. The molecule has 0 bridgehead atoms. The van der Waals surface area contributed by atoms with Crippen LogP contribution in [0.5, 0.6) is 0 Å². The summed E-state index contributed by atoms with van der Waals surface area (Å²) in [5, 5.41) is 0. The molecule has 1 aliphatic heterocycles. The van der Waals surface area contributed by atoms with Gasteiger partial charge in [0.25, 0.3) is 0 Å². The Hall–Kier alpha value is -0.860. The van der Waals surface area contributed by atoms with Crippen LogP contribution < -0.4 is 5.73 Å². The Morgan fingerprint density at radius 1 is 1.19 bits per heavy atom. The van der Waals surface area contributed by atoms with Crippen LogP contribution in [-0.4, -0.2) is 30.6 Å². The zero-order valence-corrected chi connectivity index (χ0v) is 9.73. The van der Waals surface area contributed by atoms with Crippen LogP contribution in [0.25, 0.3) is 0 Å². The molecule has 1 aromatic rings. The summed E-state index contributed by atoms with van der Waals surface area (Å²) in [5.74, 6) is 0.740. The van der Waals surface area contributed by atoms with Crippen molar-refractivity contribution in [1.82, 2.24) is 4.90 Å². The molecule has 2 nitrogen and oxygen atoms in total. The molecule has 0 amide bonds. The maximum atomic E-state index is 5.75. The number of likely N-dealkylation sites (tertiary alicyclic amines) is 1. The van der Waals surface area contributed by atoms with E-state index in [0.717, 1.165) is 18.5 Å². The molecule has 1 atom stereocenters. The molecular formula is C14H20N2. The van der Waals surface area contributed by atoms with Crippen LogP contribution in [0.2, 0.25) is 0 Å². The van der Waals surface area contributed by atoms with Crippen molar-refractivity contribution in [3.8, 4) is 0 Å². The largest absolute Gasteiger partial charge is 0.330 e. The predicted molar refractivity (Wildman–Crippen MR) is 66.4 cm³/mol. The summed E-state index contributed by atoms with van der Waals surface area (Å²) in [6.07, 6.45) is 3.78. The minimum Gasteiger partial charge on any atom is -0.330 e. The molecule has 1 saturated heterocycles. The molecule has 1 fully saturated rings. The van der Waals surface area contributed by atoms with Crippen molar-refractivity contribution in [2.24, 2.45) is 11.7 Å². The molecule has 1 unspecified atom stereocenters. The highest BCUT2D eigenvalue weighted by atomic mass is 15.2. The third kappa shape index (κ3) is 1.76. The fourth-order valence-corrected chi connectivity index (χ4v) is 3.18. The summed E-state index contributed by atoms with van der Waals surface area (Å²) >= 11 is 0. The molecule has 0 saturated carbocycles. The van der Waals surface area contributed by atoms with Gasteiger partial charge in [-0.1, -0.05) is 24.3 Å². The Kier molecular flexibility index (Phi) is 2.70. The molecule has 1 aliphatic carbocycles. The average molecular weight is 216 g/mol. The van der Waals surface area contributed by atoms with Gasteiger partial charge in [-0.05, 0) is 49.4 Å². The first-order valence-electron chi connectivity index (χ1n) is 6.37. The van der Waals surface area contributed by atoms with E-state index in [4.69, 9.17) is 5.73 Å². The Morgan fingerprint density at radius 2 is 1.88 bits per heavy atom. The molecule has 0 radical (unpaired) electrons. The van der Waals surface area contributed by atoms with Crippen molar-refractivity contribution in [1.29, 1.82) is 0 Å². The van der Waals surface area contributed by atoms with E-state index < -0.39 is 0 Å². The van der Waals surface area contributed by atoms with Gasteiger partial charge < -0.3 is 5.73 Å². The summed E-state index contributed by atoms with van der Waals surface area (Å²) in [7, 11) is 0. The van der Waals surface area contributed by atoms with Crippen LogP contribution in [0.3, 0.4) is 0 Å². The minimum atomic E-state index is 0.740. The Balaban J connectivity index is 1.68. The molecule has 1 heterocycles. The zero-order chi connectivity index (χ0) is 11.0. The van der Waals surface area contributed by atoms with Crippen LogP contribution in [0.4, 0.5) is 0 Å². The Bertz CT molecular complexity index is 350. The first kappa shape index (κ1) is 10.3. The van der Waals surface area contributed by atoms with Crippen LogP contribution in [0, 0.1) is 5.92 Å². The number of fused-ring (bicyclic) bond motifs is 1. The first-order valence-corrected chi connectivity index (χ1v) is 6.37. The van der Waals surface area contributed by atoms with Gasteiger partial charge in [-0.25, -0.2) is 0 Å². The van der Waals surface area contributed by atoms with Crippen LogP contribution >= 0.6 is 0 Å². The lowest BCUT2D eigenvalue weighted by Gasteiger charge is -2.23. The summed E-state index contributed by atoms with van der Waals surface area (Å²) in [6.45, 7) is 3.33. The number of hydrogen-bond donors (Lipinski definition) is 1. The van der Waals surface area contributed by atoms with Crippen molar-refractivity contribution in [2.75, 3.05) is 19.6 Å². The SMILES string of the molecule is NCC1CCN(C2Cc3ccccc3C2)C1. The molecule has 0 aromatic heterocycles. The van der Waals surface area contributed by atoms with Crippen molar-refractivity contribution in [3.05, 3.63) is 35.4 Å². The monoisotopic (exact) mass is 216 g/mol. The lowest BCUT2D eigenvalue weighted by Crippen LogP contribution is -2.34. The topological polar surface area (TPSA) is 29.3 Å². The van der Waals surface area contributed by atoms with Crippen LogP contribution in [-0.2, 0) is 12.8 Å². The van der Waals surface area contributed by atoms with Gasteiger partial charge in [-0.2, -0.15) is 0 Å².